The van der Waals surface area contributed by atoms with Crippen LogP contribution in [-0.2, 0) is 10.0 Å². The number of anilines is 1. The van der Waals surface area contributed by atoms with Crippen LogP contribution in [-0.4, -0.2) is 19.9 Å². The normalized spacial score (nSPS) is 17.7. The third-order valence-electron chi connectivity index (χ3n) is 3.16. The first-order chi connectivity index (χ1) is 8.40. The molecule has 1 aliphatic carbocycles. The van der Waals surface area contributed by atoms with Gasteiger partial charge in [-0.25, -0.2) is 18.1 Å². The van der Waals surface area contributed by atoms with Crippen molar-refractivity contribution in [2.75, 3.05) is 12.3 Å². The number of nitrogen functional groups attached to an aromatic ring is 1. The number of pyridine rings is 1. The first-order valence-corrected chi connectivity index (χ1v) is 8.08. The van der Waals surface area contributed by atoms with E-state index in [1.807, 2.05) is 0 Å². The summed E-state index contributed by atoms with van der Waals surface area (Å²) in [6, 6.07) is 1.46. The van der Waals surface area contributed by atoms with E-state index >= 15 is 0 Å². The van der Waals surface area contributed by atoms with Crippen LogP contribution in [0.5, 0.6) is 0 Å². The predicted molar refractivity (Wildman–Crippen MR) is 73.4 cm³/mol. The van der Waals surface area contributed by atoms with Gasteiger partial charge in [-0.05, 0) is 46.7 Å². The molecule has 18 heavy (non-hydrogen) atoms. The molecule has 0 radical (unpaired) electrons. The zero-order valence-corrected chi connectivity index (χ0v) is 12.5. The molecule has 1 aliphatic rings. The molecule has 0 amide bonds. The first-order valence-electron chi connectivity index (χ1n) is 5.81. The SMILES string of the molecule is CC(CNS(=O)(=O)c1cc(Br)cnc1N)C1CC1. The maximum absolute atomic E-state index is 12.1. The molecule has 0 bridgehead atoms. The largest absolute Gasteiger partial charge is 0.383 e. The molecule has 1 fully saturated rings. The Morgan fingerprint density at radius 1 is 1.61 bits per heavy atom. The molecule has 2 rings (SSSR count). The van der Waals surface area contributed by atoms with E-state index in [1.165, 1.54) is 25.1 Å². The van der Waals surface area contributed by atoms with E-state index in [1.54, 1.807) is 0 Å². The van der Waals surface area contributed by atoms with Gasteiger partial charge >= 0.3 is 0 Å². The van der Waals surface area contributed by atoms with E-state index < -0.39 is 10.0 Å². The van der Waals surface area contributed by atoms with Crippen molar-refractivity contribution in [3.8, 4) is 0 Å². The van der Waals surface area contributed by atoms with Crippen LogP contribution in [0.3, 0.4) is 0 Å². The van der Waals surface area contributed by atoms with Gasteiger partial charge in [0.2, 0.25) is 10.0 Å². The molecule has 1 unspecified atom stereocenters. The quantitative estimate of drug-likeness (QED) is 0.859. The van der Waals surface area contributed by atoms with E-state index in [0.29, 0.717) is 22.9 Å². The van der Waals surface area contributed by atoms with Crippen LogP contribution in [0.15, 0.2) is 21.6 Å². The van der Waals surface area contributed by atoms with Gasteiger partial charge < -0.3 is 5.73 Å². The topological polar surface area (TPSA) is 85.1 Å². The van der Waals surface area contributed by atoms with Crippen LogP contribution in [0, 0.1) is 11.8 Å². The molecule has 0 aliphatic heterocycles. The lowest BCUT2D eigenvalue weighted by Gasteiger charge is -2.12. The third-order valence-corrected chi connectivity index (χ3v) is 5.05. The number of nitrogens with two attached hydrogens (primary N) is 1. The van der Waals surface area contributed by atoms with Crippen LogP contribution >= 0.6 is 15.9 Å². The van der Waals surface area contributed by atoms with Gasteiger partial charge in [-0.1, -0.05) is 6.92 Å². The molecule has 0 saturated heterocycles. The van der Waals surface area contributed by atoms with Gasteiger partial charge in [0.15, 0.2) is 0 Å². The summed E-state index contributed by atoms with van der Waals surface area (Å²) in [7, 11) is -3.58. The average Bonchev–Trinajstić information content (AvgIpc) is 3.13. The minimum Gasteiger partial charge on any atom is -0.383 e. The van der Waals surface area contributed by atoms with Crippen molar-refractivity contribution in [3.63, 3.8) is 0 Å². The van der Waals surface area contributed by atoms with Crippen molar-refractivity contribution in [2.24, 2.45) is 11.8 Å². The highest BCUT2D eigenvalue weighted by Gasteiger charge is 2.29. The lowest BCUT2D eigenvalue weighted by atomic mass is 10.1. The summed E-state index contributed by atoms with van der Waals surface area (Å²) < 4.78 is 27.4. The van der Waals surface area contributed by atoms with Crippen LogP contribution in [0.4, 0.5) is 5.82 Å². The molecule has 5 nitrogen and oxygen atoms in total. The maximum atomic E-state index is 12.1. The molecule has 3 N–H and O–H groups in total. The Morgan fingerprint density at radius 3 is 2.89 bits per heavy atom. The van der Waals surface area contributed by atoms with Crippen LogP contribution < -0.4 is 10.5 Å². The summed E-state index contributed by atoms with van der Waals surface area (Å²) in [4.78, 5) is 3.86. The van der Waals surface area contributed by atoms with Gasteiger partial charge in [0.05, 0.1) is 0 Å². The van der Waals surface area contributed by atoms with E-state index in [0.717, 1.165) is 0 Å². The van der Waals surface area contributed by atoms with Crippen molar-refractivity contribution < 1.29 is 8.42 Å². The number of sulfonamides is 1. The van der Waals surface area contributed by atoms with Crippen LogP contribution in [0.1, 0.15) is 19.8 Å². The van der Waals surface area contributed by atoms with E-state index in [4.69, 9.17) is 5.73 Å². The number of halogens is 1. The molecule has 7 heteroatoms. The summed E-state index contributed by atoms with van der Waals surface area (Å²) in [5, 5.41) is 0. The van der Waals surface area contributed by atoms with Gasteiger partial charge in [0, 0.05) is 17.2 Å². The molecule has 1 aromatic rings. The Labute approximate surface area is 115 Å². The molecule has 1 heterocycles. The third kappa shape index (κ3) is 3.21. The molecule has 0 spiro atoms. The first kappa shape index (κ1) is 13.8. The van der Waals surface area contributed by atoms with E-state index in [9.17, 15) is 8.42 Å². The summed E-state index contributed by atoms with van der Waals surface area (Å²) in [5.41, 5.74) is 5.60. The zero-order valence-electron chi connectivity index (χ0n) is 10.1. The summed E-state index contributed by atoms with van der Waals surface area (Å²) in [6.07, 6.45) is 3.87. The predicted octanol–water partition coefficient (Wildman–Crippen LogP) is 1.75. The second-order valence-electron chi connectivity index (χ2n) is 4.70. The number of nitrogens with one attached hydrogen (secondary N) is 1. The number of rotatable bonds is 5. The smallest absolute Gasteiger partial charge is 0.244 e. The average molecular weight is 334 g/mol. The molecular weight excluding hydrogens is 318 g/mol. The van der Waals surface area contributed by atoms with Crippen molar-refractivity contribution in [1.29, 1.82) is 0 Å². The highest BCUT2D eigenvalue weighted by Crippen LogP contribution is 2.36. The lowest BCUT2D eigenvalue weighted by Crippen LogP contribution is -2.29. The molecule has 1 aromatic heterocycles. The summed E-state index contributed by atoms with van der Waals surface area (Å²) >= 11 is 3.19. The van der Waals surface area contributed by atoms with E-state index in [-0.39, 0.29) is 10.7 Å². The Kier molecular flexibility index (Phi) is 3.93. The van der Waals surface area contributed by atoms with E-state index in [2.05, 4.69) is 32.6 Å². The summed E-state index contributed by atoms with van der Waals surface area (Å²) in [6.45, 7) is 2.50. The van der Waals surface area contributed by atoms with Crippen LogP contribution in [0.2, 0.25) is 0 Å². The van der Waals surface area contributed by atoms with Gasteiger partial charge in [-0.3, -0.25) is 0 Å². The van der Waals surface area contributed by atoms with Crippen molar-refractivity contribution in [3.05, 3.63) is 16.7 Å². The Balaban J connectivity index is 2.11. The fourth-order valence-electron chi connectivity index (χ4n) is 1.80. The highest BCUT2D eigenvalue weighted by molar-refractivity contribution is 9.10. The Morgan fingerprint density at radius 2 is 2.28 bits per heavy atom. The maximum Gasteiger partial charge on any atom is 0.244 e. The number of hydrogen-bond acceptors (Lipinski definition) is 4. The molecule has 0 aromatic carbocycles. The lowest BCUT2D eigenvalue weighted by molar-refractivity contribution is 0.492. The Bertz CT molecular complexity index is 543. The molecular formula is C11H16BrN3O2S. The fourth-order valence-corrected chi connectivity index (χ4v) is 3.53. The number of nitrogens with zero attached hydrogens (tertiary/aromatic N) is 1. The monoisotopic (exact) mass is 333 g/mol. The van der Waals surface area contributed by atoms with Crippen molar-refractivity contribution >= 4 is 31.8 Å². The van der Waals surface area contributed by atoms with Gasteiger partial charge in [0.25, 0.3) is 0 Å². The second kappa shape index (κ2) is 5.14. The Hall–Kier alpha value is -0.660. The summed E-state index contributed by atoms with van der Waals surface area (Å²) in [5.74, 6) is 1.04. The van der Waals surface area contributed by atoms with Crippen LogP contribution in [0.25, 0.3) is 0 Å². The minimum atomic E-state index is -3.58. The molecule has 1 atom stereocenters. The standard InChI is InChI=1S/C11H16BrN3O2S/c1-7(8-2-3-8)5-15-18(16,17)10-4-9(12)6-14-11(10)13/h4,6-8,15H,2-3,5H2,1H3,(H2,13,14). The fraction of sp³-hybridized carbons (Fsp3) is 0.545. The van der Waals surface area contributed by atoms with Gasteiger partial charge in [0.1, 0.15) is 10.7 Å². The zero-order chi connectivity index (χ0) is 13.3. The van der Waals surface area contributed by atoms with Gasteiger partial charge in [-0.15, -0.1) is 0 Å². The van der Waals surface area contributed by atoms with Crippen molar-refractivity contribution in [1.82, 2.24) is 9.71 Å². The molecule has 100 valence electrons. The van der Waals surface area contributed by atoms with Crippen molar-refractivity contribution in [2.45, 2.75) is 24.7 Å². The number of aromatic nitrogens is 1. The number of hydrogen-bond donors (Lipinski definition) is 2. The highest BCUT2D eigenvalue weighted by atomic mass is 79.9. The van der Waals surface area contributed by atoms with Gasteiger partial charge in [-0.2, -0.15) is 0 Å². The molecule has 1 saturated carbocycles. The second-order valence-corrected chi connectivity index (χ2v) is 7.35. The minimum absolute atomic E-state index is 0.0183.